The van der Waals surface area contributed by atoms with Crippen LogP contribution in [0.1, 0.15) is 11.1 Å². The number of thioether (sulfide) groups is 1. The molecule has 1 aromatic heterocycles. The molecule has 2 rings (SSSR count). The van der Waals surface area contributed by atoms with Crippen LogP contribution in [-0.4, -0.2) is 32.6 Å². The number of hydrogen-bond donors (Lipinski definition) is 0. The molecule has 0 amide bonds. The van der Waals surface area contributed by atoms with Crippen LogP contribution in [0.5, 0.6) is 5.75 Å². The van der Waals surface area contributed by atoms with Crippen LogP contribution in [0.4, 0.5) is 0 Å². The van der Waals surface area contributed by atoms with Gasteiger partial charge in [0.2, 0.25) is 5.16 Å². The van der Waals surface area contributed by atoms with Crippen LogP contribution >= 0.6 is 11.8 Å². The van der Waals surface area contributed by atoms with Gasteiger partial charge in [-0.15, -0.1) is 11.7 Å². The second-order valence-electron chi connectivity index (χ2n) is 4.40. The van der Waals surface area contributed by atoms with Crippen LogP contribution in [0.2, 0.25) is 0 Å². The summed E-state index contributed by atoms with van der Waals surface area (Å²) in [5.74, 6) is 1.74. The summed E-state index contributed by atoms with van der Waals surface area (Å²) >= 11 is 1.58. The molecule has 1 heterocycles. The van der Waals surface area contributed by atoms with Gasteiger partial charge in [-0.25, -0.2) is 4.68 Å². The summed E-state index contributed by atoms with van der Waals surface area (Å²) in [6, 6.07) is 6.21. The van der Waals surface area contributed by atoms with Gasteiger partial charge in [0.1, 0.15) is 5.75 Å². The van der Waals surface area contributed by atoms with Crippen LogP contribution < -0.4 is 4.74 Å². The zero-order chi connectivity index (χ0) is 14.4. The Morgan fingerprint density at radius 1 is 1.40 bits per heavy atom. The first-order valence-electron chi connectivity index (χ1n) is 6.40. The van der Waals surface area contributed by atoms with Crippen LogP contribution in [0.3, 0.4) is 0 Å². The van der Waals surface area contributed by atoms with Crippen LogP contribution in [0.15, 0.2) is 36.0 Å². The molecule has 2 aromatic rings. The molecule has 0 atom stereocenters. The van der Waals surface area contributed by atoms with E-state index in [4.69, 9.17) is 4.74 Å². The minimum Gasteiger partial charge on any atom is -0.492 e. The summed E-state index contributed by atoms with van der Waals surface area (Å²) in [7, 11) is 0. The number of aromatic nitrogens is 4. The van der Waals surface area contributed by atoms with Crippen molar-refractivity contribution in [3.63, 3.8) is 0 Å². The van der Waals surface area contributed by atoms with E-state index < -0.39 is 0 Å². The van der Waals surface area contributed by atoms with Crippen molar-refractivity contribution in [3.05, 3.63) is 42.0 Å². The van der Waals surface area contributed by atoms with E-state index in [2.05, 4.69) is 47.2 Å². The molecule has 6 heteroatoms. The molecule has 0 fully saturated rings. The number of tetrazole rings is 1. The quantitative estimate of drug-likeness (QED) is 0.446. The van der Waals surface area contributed by atoms with Gasteiger partial charge in [-0.3, -0.25) is 0 Å². The molecular formula is C14H18N4OS. The minimum absolute atomic E-state index is 0.618. The third-order valence-corrected chi connectivity index (χ3v) is 3.64. The highest BCUT2D eigenvalue weighted by Crippen LogP contribution is 2.20. The van der Waals surface area contributed by atoms with Crippen molar-refractivity contribution in [3.8, 4) is 5.75 Å². The zero-order valence-corrected chi connectivity index (χ0v) is 12.6. The Morgan fingerprint density at radius 3 is 3.05 bits per heavy atom. The SMILES string of the molecule is C=CCn1nnnc1SCCOc1cc(C)ccc1C. The molecule has 0 saturated heterocycles. The second kappa shape index (κ2) is 7.09. The van der Waals surface area contributed by atoms with Crippen molar-refractivity contribution < 1.29 is 4.74 Å². The summed E-state index contributed by atoms with van der Waals surface area (Å²) in [6.07, 6.45) is 1.77. The molecule has 20 heavy (non-hydrogen) atoms. The maximum atomic E-state index is 5.80. The molecule has 0 radical (unpaired) electrons. The number of ether oxygens (including phenoxy) is 1. The molecule has 0 aliphatic carbocycles. The maximum absolute atomic E-state index is 5.80. The van der Waals surface area contributed by atoms with E-state index in [0.717, 1.165) is 22.2 Å². The summed E-state index contributed by atoms with van der Waals surface area (Å²) in [5.41, 5.74) is 2.35. The van der Waals surface area contributed by atoms with Gasteiger partial charge in [0.25, 0.3) is 0 Å². The molecule has 5 nitrogen and oxygen atoms in total. The van der Waals surface area contributed by atoms with Gasteiger partial charge in [-0.05, 0) is 41.5 Å². The van der Waals surface area contributed by atoms with E-state index in [1.807, 2.05) is 6.92 Å². The standard InChI is InChI=1S/C14H18N4OS/c1-4-7-18-14(15-16-17-18)20-9-8-19-13-10-11(2)5-6-12(13)3/h4-6,10H,1,7-9H2,2-3H3. The van der Waals surface area contributed by atoms with Gasteiger partial charge in [0.15, 0.2) is 0 Å². The summed E-state index contributed by atoms with van der Waals surface area (Å²) in [5, 5.41) is 12.3. The lowest BCUT2D eigenvalue weighted by Gasteiger charge is -2.09. The van der Waals surface area contributed by atoms with E-state index in [1.54, 1.807) is 22.5 Å². The topological polar surface area (TPSA) is 52.8 Å². The average Bonchev–Trinajstić information content (AvgIpc) is 2.86. The first kappa shape index (κ1) is 14.6. The Labute approximate surface area is 123 Å². The summed E-state index contributed by atoms with van der Waals surface area (Å²) in [6.45, 7) is 9.03. The number of aryl methyl sites for hydroxylation is 2. The molecule has 0 unspecified atom stereocenters. The van der Waals surface area contributed by atoms with Crippen molar-refractivity contribution in [2.24, 2.45) is 0 Å². The third kappa shape index (κ3) is 3.84. The highest BCUT2D eigenvalue weighted by Gasteiger charge is 2.05. The zero-order valence-electron chi connectivity index (χ0n) is 11.7. The van der Waals surface area contributed by atoms with Gasteiger partial charge in [0, 0.05) is 5.75 Å². The highest BCUT2D eigenvalue weighted by molar-refractivity contribution is 7.99. The Morgan fingerprint density at radius 2 is 2.25 bits per heavy atom. The van der Waals surface area contributed by atoms with Crippen molar-refractivity contribution in [2.45, 2.75) is 25.5 Å². The Hall–Kier alpha value is -1.82. The smallest absolute Gasteiger partial charge is 0.209 e. The third-order valence-electron chi connectivity index (χ3n) is 2.72. The maximum Gasteiger partial charge on any atom is 0.209 e. The predicted molar refractivity (Wildman–Crippen MR) is 80.1 cm³/mol. The van der Waals surface area contributed by atoms with E-state index in [1.165, 1.54) is 5.56 Å². The Balaban J connectivity index is 1.83. The molecule has 0 aliphatic rings. The molecule has 0 bridgehead atoms. The summed E-state index contributed by atoms with van der Waals surface area (Å²) < 4.78 is 7.51. The molecule has 106 valence electrons. The Bertz CT molecular complexity index is 582. The molecule has 0 aliphatic heterocycles. The van der Waals surface area contributed by atoms with E-state index in [9.17, 15) is 0 Å². The first-order chi connectivity index (χ1) is 9.70. The molecular weight excluding hydrogens is 272 g/mol. The van der Waals surface area contributed by atoms with Crippen molar-refractivity contribution in [2.75, 3.05) is 12.4 Å². The lowest BCUT2D eigenvalue weighted by atomic mass is 10.1. The number of nitrogens with zero attached hydrogens (tertiary/aromatic N) is 4. The first-order valence-corrected chi connectivity index (χ1v) is 7.39. The van der Waals surface area contributed by atoms with Gasteiger partial charge >= 0.3 is 0 Å². The van der Waals surface area contributed by atoms with Crippen molar-refractivity contribution in [1.82, 2.24) is 20.2 Å². The van der Waals surface area contributed by atoms with Gasteiger partial charge in [-0.1, -0.05) is 30.0 Å². The molecule has 0 spiro atoms. The fourth-order valence-corrected chi connectivity index (χ4v) is 2.39. The number of allylic oxidation sites excluding steroid dienone is 1. The van der Waals surface area contributed by atoms with E-state index in [0.29, 0.717) is 13.2 Å². The van der Waals surface area contributed by atoms with Gasteiger partial charge in [0.05, 0.1) is 13.2 Å². The highest BCUT2D eigenvalue weighted by atomic mass is 32.2. The fraction of sp³-hybridized carbons (Fsp3) is 0.357. The average molecular weight is 290 g/mol. The predicted octanol–water partition coefficient (Wildman–Crippen LogP) is 2.65. The normalized spacial score (nSPS) is 10.5. The van der Waals surface area contributed by atoms with Crippen LogP contribution in [0.25, 0.3) is 0 Å². The van der Waals surface area contributed by atoms with Crippen LogP contribution in [0, 0.1) is 13.8 Å². The van der Waals surface area contributed by atoms with E-state index >= 15 is 0 Å². The van der Waals surface area contributed by atoms with Gasteiger partial charge < -0.3 is 4.74 Å². The van der Waals surface area contributed by atoms with Crippen molar-refractivity contribution in [1.29, 1.82) is 0 Å². The lowest BCUT2D eigenvalue weighted by molar-refractivity contribution is 0.341. The largest absolute Gasteiger partial charge is 0.492 e. The lowest BCUT2D eigenvalue weighted by Crippen LogP contribution is -2.04. The summed E-state index contributed by atoms with van der Waals surface area (Å²) in [4.78, 5) is 0. The molecule has 0 N–H and O–H groups in total. The molecule has 0 saturated carbocycles. The number of hydrogen-bond acceptors (Lipinski definition) is 5. The van der Waals surface area contributed by atoms with E-state index in [-0.39, 0.29) is 0 Å². The Kier molecular flexibility index (Phi) is 5.17. The number of rotatable bonds is 7. The second-order valence-corrected chi connectivity index (χ2v) is 5.46. The number of benzene rings is 1. The van der Waals surface area contributed by atoms with Crippen molar-refractivity contribution >= 4 is 11.8 Å². The van der Waals surface area contributed by atoms with Crippen LogP contribution in [-0.2, 0) is 6.54 Å². The van der Waals surface area contributed by atoms with Gasteiger partial charge in [-0.2, -0.15) is 0 Å². The fourth-order valence-electron chi connectivity index (χ4n) is 1.68. The monoisotopic (exact) mass is 290 g/mol. The molecule has 1 aromatic carbocycles. The minimum atomic E-state index is 0.618.